The number of benzene rings is 6. The van der Waals surface area contributed by atoms with E-state index >= 15 is 0 Å². The van der Waals surface area contributed by atoms with Crippen molar-refractivity contribution in [2.24, 2.45) is 0 Å². The van der Waals surface area contributed by atoms with E-state index in [1.807, 2.05) is 11.3 Å². The van der Waals surface area contributed by atoms with E-state index in [0.29, 0.717) is 0 Å². The molecule has 0 unspecified atom stereocenters. The van der Waals surface area contributed by atoms with Gasteiger partial charge in [-0.3, -0.25) is 0 Å². The van der Waals surface area contributed by atoms with E-state index in [2.05, 4.69) is 198 Å². The molecule has 0 fully saturated rings. The van der Waals surface area contributed by atoms with Gasteiger partial charge in [-0.15, -0.1) is 11.3 Å². The highest BCUT2D eigenvalue weighted by molar-refractivity contribution is 7.25. The number of nitrogens with zero attached hydrogens (tertiary/aromatic N) is 1. The number of rotatable bonds is 8. The summed E-state index contributed by atoms with van der Waals surface area (Å²) in [5.41, 5.74) is 24.5. The van der Waals surface area contributed by atoms with Gasteiger partial charge in [-0.2, -0.15) is 0 Å². The van der Waals surface area contributed by atoms with Crippen LogP contribution in [0.3, 0.4) is 0 Å². The molecule has 0 atom stereocenters. The molecular formula is C66H79BN2S. The molecule has 2 nitrogen and oxygen atoms in total. The summed E-state index contributed by atoms with van der Waals surface area (Å²) in [7, 11) is 0.877. The summed E-state index contributed by atoms with van der Waals surface area (Å²) < 4.78 is 2.73. The van der Waals surface area contributed by atoms with Crippen LogP contribution in [0.25, 0.3) is 31.3 Å². The average Bonchev–Trinajstić information content (AvgIpc) is 3.67. The first-order valence-corrected chi connectivity index (χ1v) is 28.0. The van der Waals surface area contributed by atoms with Crippen molar-refractivity contribution in [2.45, 2.75) is 194 Å². The molecule has 11 rings (SSSR count). The van der Waals surface area contributed by atoms with Crippen LogP contribution in [-0.2, 0) is 38.9 Å². The Kier molecular flexibility index (Phi) is 11.1. The van der Waals surface area contributed by atoms with Crippen LogP contribution in [0, 0.1) is 6.92 Å². The van der Waals surface area contributed by atoms with Gasteiger partial charge in [0, 0.05) is 48.8 Å². The molecular weight excluding hydrogens is 864 g/mol. The maximum atomic E-state index is 4.23. The molecule has 0 bridgehead atoms. The standard InChI is InChI=1S/C66H79BN2S/c1-15-16-17-20-41-32-46(44-35-50-51(65(11,12)29-28-64(50,9)10)37-54(44)68-42-23-24-47-49(34-42)63(7,8)26-25-61(47,3)4)60-57(33-41)69(55-38-52-48(31-40(55)2)62(5,6)27-30-66(52,13)14)56-39-59-45(36-53(56)67-60)43-21-18-19-22-58(43)70-59/h18-19,21-24,31-39,67-68H,15-17,20,25-30H2,1-14H3. The number of fused-ring (bicyclic) bond motifs is 8. The van der Waals surface area contributed by atoms with Gasteiger partial charge in [0.25, 0.3) is 0 Å². The van der Waals surface area contributed by atoms with Gasteiger partial charge < -0.3 is 10.2 Å². The van der Waals surface area contributed by atoms with E-state index in [1.54, 1.807) is 0 Å². The molecule has 0 saturated carbocycles. The molecule has 3 aliphatic carbocycles. The summed E-state index contributed by atoms with van der Waals surface area (Å²) in [6.45, 7) is 34.4. The normalized spacial score (nSPS) is 19.7. The zero-order valence-electron chi connectivity index (χ0n) is 45.3. The van der Waals surface area contributed by atoms with Crippen LogP contribution in [0.1, 0.15) is 192 Å². The predicted octanol–water partition coefficient (Wildman–Crippen LogP) is 17.7. The molecule has 2 heterocycles. The Bertz CT molecular complexity index is 3260. The van der Waals surface area contributed by atoms with Crippen molar-refractivity contribution < 1.29 is 0 Å². The van der Waals surface area contributed by atoms with Crippen LogP contribution >= 0.6 is 11.3 Å². The lowest BCUT2D eigenvalue weighted by Gasteiger charge is -2.44. The molecule has 6 aromatic carbocycles. The lowest BCUT2D eigenvalue weighted by Crippen LogP contribution is -2.42. The Morgan fingerprint density at radius 1 is 0.514 bits per heavy atom. The molecule has 0 spiro atoms. The van der Waals surface area contributed by atoms with Gasteiger partial charge >= 0.3 is 0 Å². The summed E-state index contributed by atoms with van der Waals surface area (Å²) in [5.74, 6) is 0. The van der Waals surface area contributed by atoms with E-state index in [0.717, 1.165) is 13.7 Å². The Hall–Kier alpha value is -4.80. The number of anilines is 5. The first-order valence-electron chi connectivity index (χ1n) is 27.2. The highest BCUT2D eigenvalue weighted by atomic mass is 32.1. The summed E-state index contributed by atoms with van der Waals surface area (Å²) >= 11 is 1.94. The zero-order chi connectivity index (χ0) is 49.5. The second-order valence-electron chi connectivity index (χ2n) is 26.5. The van der Waals surface area contributed by atoms with Gasteiger partial charge in [-0.05, 0) is 200 Å². The largest absolute Gasteiger partial charge is 0.355 e. The third kappa shape index (κ3) is 7.79. The lowest BCUT2D eigenvalue weighted by molar-refractivity contribution is 0.332. The SMILES string of the molecule is CCCCCc1cc(-c2cc3c(cc2Nc2ccc4c(c2)C(C)(C)CCC4(C)C)C(C)(C)CCC3(C)C)c2c(c1)N(c1cc3c(cc1C)C(C)(C)CCC3(C)C)c1cc3sc4ccccc4c3cc1B2. The fourth-order valence-electron chi connectivity index (χ4n) is 13.5. The lowest BCUT2D eigenvalue weighted by atomic mass is 9.57. The van der Waals surface area contributed by atoms with Gasteiger partial charge in [-0.1, -0.05) is 151 Å². The first kappa shape index (κ1) is 47.5. The monoisotopic (exact) mass is 943 g/mol. The van der Waals surface area contributed by atoms with Crippen molar-refractivity contribution in [1.29, 1.82) is 0 Å². The van der Waals surface area contributed by atoms with Crippen LogP contribution in [0.4, 0.5) is 28.4 Å². The second-order valence-corrected chi connectivity index (χ2v) is 27.6. The highest BCUT2D eigenvalue weighted by Crippen LogP contribution is 2.53. The highest BCUT2D eigenvalue weighted by Gasteiger charge is 2.42. The molecule has 1 aromatic heterocycles. The predicted molar refractivity (Wildman–Crippen MR) is 309 cm³/mol. The zero-order valence-corrected chi connectivity index (χ0v) is 46.1. The Morgan fingerprint density at radius 2 is 1.10 bits per heavy atom. The molecule has 1 aliphatic heterocycles. The Morgan fingerprint density at radius 3 is 1.76 bits per heavy atom. The molecule has 0 radical (unpaired) electrons. The number of unbranched alkanes of at least 4 members (excludes halogenated alkanes) is 2. The van der Waals surface area contributed by atoms with Crippen LogP contribution in [-0.4, -0.2) is 7.28 Å². The fraction of sp³-hybridized carbons (Fsp3) is 0.455. The summed E-state index contributed by atoms with van der Waals surface area (Å²) in [6.07, 6.45) is 11.9. The second kappa shape index (κ2) is 16.4. The minimum Gasteiger partial charge on any atom is -0.355 e. The average molecular weight is 943 g/mol. The minimum absolute atomic E-state index is 0.0590. The van der Waals surface area contributed by atoms with Crippen molar-refractivity contribution in [2.75, 3.05) is 10.2 Å². The van der Waals surface area contributed by atoms with Gasteiger partial charge in [0.1, 0.15) is 0 Å². The van der Waals surface area contributed by atoms with Crippen molar-refractivity contribution >= 4 is 78.2 Å². The molecule has 1 N–H and O–H groups in total. The van der Waals surface area contributed by atoms with Crippen molar-refractivity contribution in [3.05, 3.63) is 136 Å². The van der Waals surface area contributed by atoms with E-state index in [4.69, 9.17) is 0 Å². The molecule has 7 aromatic rings. The van der Waals surface area contributed by atoms with E-state index in [-0.39, 0.29) is 32.5 Å². The quantitative estimate of drug-likeness (QED) is 0.121. The summed E-state index contributed by atoms with van der Waals surface area (Å²) in [4.78, 5) is 2.74. The Labute approximate surface area is 426 Å². The summed E-state index contributed by atoms with van der Waals surface area (Å²) in [6, 6.07) is 37.3. The van der Waals surface area contributed by atoms with Gasteiger partial charge in [0.15, 0.2) is 7.28 Å². The maximum Gasteiger partial charge on any atom is 0.198 e. The van der Waals surface area contributed by atoms with Crippen molar-refractivity contribution in [3.63, 3.8) is 0 Å². The van der Waals surface area contributed by atoms with Crippen molar-refractivity contribution in [3.8, 4) is 11.1 Å². The van der Waals surface area contributed by atoms with E-state index < -0.39 is 0 Å². The molecule has 0 amide bonds. The van der Waals surface area contributed by atoms with Crippen molar-refractivity contribution in [1.82, 2.24) is 0 Å². The molecule has 362 valence electrons. The maximum absolute atomic E-state index is 4.23. The molecule has 70 heavy (non-hydrogen) atoms. The topological polar surface area (TPSA) is 15.3 Å². The third-order valence-electron chi connectivity index (χ3n) is 18.6. The smallest absolute Gasteiger partial charge is 0.198 e. The van der Waals surface area contributed by atoms with Crippen LogP contribution in [0.15, 0.2) is 91.0 Å². The summed E-state index contributed by atoms with van der Waals surface area (Å²) in [5, 5.41) is 6.98. The van der Waals surface area contributed by atoms with E-state index in [1.165, 1.54) is 173 Å². The number of thiophene rings is 1. The third-order valence-corrected chi connectivity index (χ3v) is 19.7. The number of hydrogen-bond donors (Lipinski definition) is 1. The molecule has 4 heteroatoms. The van der Waals surface area contributed by atoms with Gasteiger partial charge in [-0.25, -0.2) is 0 Å². The van der Waals surface area contributed by atoms with Gasteiger partial charge in [0.2, 0.25) is 0 Å². The molecule has 4 aliphatic rings. The van der Waals surface area contributed by atoms with Gasteiger partial charge in [0.05, 0.1) is 0 Å². The van der Waals surface area contributed by atoms with Crippen LogP contribution < -0.4 is 21.1 Å². The first-order chi connectivity index (χ1) is 33.0. The molecule has 0 saturated heterocycles. The van der Waals surface area contributed by atoms with Crippen LogP contribution in [0.2, 0.25) is 0 Å². The number of aryl methyl sites for hydroxylation is 2. The minimum atomic E-state index is 0.0590. The van der Waals surface area contributed by atoms with Crippen LogP contribution in [0.5, 0.6) is 0 Å². The Balaban J connectivity index is 1.20. The fourth-order valence-corrected chi connectivity index (χ4v) is 14.6. The number of hydrogen-bond acceptors (Lipinski definition) is 3. The van der Waals surface area contributed by atoms with E-state index in [9.17, 15) is 0 Å². The number of nitrogens with one attached hydrogen (secondary N) is 1.